The van der Waals surface area contributed by atoms with Gasteiger partial charge in [0.15, 0.2) is 10.9 Å². The highest BCUT2D eigenvalue weighted by Crippen LogP contribution is 2.27. The highest BCUT2D eigenvalue weighted by molar-refractivity contribution is 6.05. The molecule has 0 radical (unpaired) electrons. The van der Waals surface area contributed by atoms with E-state index in [-0.39, 0.29) is 10.9 Å². The van der Waals surface area contributed by atoms with E-state index in [1.54, 1.807) is 0 Å². The summed E-state index contributed by atoms with van der Waals surface area (Å²) in [7, 11) is 3.86. The van der Waals surface area contributed by atoms with E-state index in [2.05, 4.69) is 16.5 Å². The first-order chi connectivity index (χ1) is 14.0. The van der Waals surface area contributed by atoms with Gasteiger partial charge in [-0.05, 0) is 43.3 Å². The van der Waals surface area contributed by atoms with Crippen LogP contribution in [0.25, 0.3) is 43.6 Å². The SMILES string of the molecule is CCn1c2ccccc2c(=O)c2cc3[nH]c4cccc(N(C)C)c4c(=O)c3cc21. The molecule has 0 saturated heterocycles. The minimum Gasteiger partial charge on any atom is -0.377 e. The fraction of sp³-hybridized carbons (Fsp3) is 0.167. The van der Waals surface area contributed by atoms with Crippen LogP contribution in [0.5, 0.6) is 0 Å². The number of anilines is 1. The first-order valence-electron chi connectivity index (χ1n) is 9.72. The van der Waals surface area contributed by atoms with E-state index in [0.29, 0.717) is 33.6 Å². The van der Waals surface area contributed by atoms with Crippen molar-refractivity contribution in [2.75, 3.05) is 19.0 Å². The van der Waals surface area contributed by atoms with Gasteiger partial charge in [-0.1, -0.05) is 18.2 Å². The van der Waals surface area contributed by atoms with Gasteiger partial charge in [0.25, 0.3) is 0 Å². The third-order valence-corrected chi connectivity index (χ3v) is 5.69. The molecule has 5 aromatic rings. The van der Waals surface area contributed by atoms with E-state index in [0.717, 1.165) is 22.2 Å². The van der Waals surface area contributed by atoms with Gasteiger partial charge in [-0.2, -0.15) is 0 Å². The number of fused-ring (bicyclic) bond motifs is 4. The maximum absolute atomic E-state index is 13.5. The van der Waals surface area contributed by atoms with Crippen LogP contribution in [-0.2, 0) is 6.54 Å². The van der Waals surface area contributed by atoms with E-state index < -0.39 is 0 Å². The Kier molecular flexibility index (Phi) is 3.74. The van der Waals surface area contributed by atoms with Crippen LogP contribution in [-0.4, -0.2) is 23.6 Å². The number of nitrogens with zero attached hydrogens (tertiary/aromatic N) is 2. The Labute approximate surface area is 166 Å². The standard InChI is InChI=1S/C24H21N3O2/c1-4-27-19-10-6-5-8-14(19)23(28)16-12-18-15(13-21(16)27)24(29)22-17(25-18)9-7-11-20(22)26(2)3/h5-13H,4H2,1-3H3,(H,25,29). The van der Waals surface area contributed by atoms with Crippen molar-refractivity contribution in [1.29, 1.82) is 0 Å². The molecule has 2 heterocycles. The van der Waals surface area contributed by atoms with E-state index in [9.17, 15) is 9.59 Å². The monoisotopic (exact) mass is 383 g/mol. The predicted molar refractivity (Wildman–Crippen MR) is 121 cm³/mol. The molecule has 0 spiro atoms. The van der Waals surface area contributed by atoms with Crippen molar-refractivity contribution in [3.8, 4) is 0 Å². The quantitative estimate of drug-likeness (QED) is 0.464. The molecule has 0 unspecified atom stereocenters. The first-order valence-corrected chi connectivity index (χ1v) is 9.72. The second-order valence-electron chi connectivity index (χ2n) is 7.55. The number of benzene rings is 3. The van der Waals surface area contributed by atoms with Crippen LogP contribution in [0.3, 0.4) is 0 Å². The maximum atomic E-state index is 13.5. The number of rotatable bonds is 2. The van der Waals surface area contributed by atoms with Crippen LogP contribution in [0.15, 0.2) is 64.2 Å². The molecule has 0 bridgehead atoms. The lowest BCUT2D eigenvalue weighted by Crippen LogP contribution is -2.15. The molecule has 1 N–H and O–H groups in total. The molecule has 5 rings (SSSR count). The van der Waals surface area contributed by atoms with Crippen molar-refractivity contribution in [2.45, 2.75) is 13.5 Å². The summed E-state index contributed by atoms with van der Waals surface area (Å²) in [5.41, 5.74) is 3.96. The number of aryl methyl sites for hydroxylation is 1. The van der Waals surface area contributed by atoms with Crippen LogP contribution >= 0.6 is 0 Å². The van der Waals surface area contributed by atoms with E-state index in [4.69, 9.17) is 0 Å². The summed E-state index contributed by atoms with van der Waals surface area (Å²) in [5, 5.41) is 2.57. The number of pyridine rings is 2. The summed E-state index contributed by atoms with van der Waals surface area (Å²) in [5.74, 6) is 0. The number of nitrogens with one attached hydrogen (secondary N) is 1. The summed E-state index contributed by atoms with van der Waals surface area (Å²) in [4.78, 5) is 32.0. The molecule has 0 fully saturated rings. The maximum Gasteiger partial charge on any atom is 0.199 e. The third kappa shape index (κ3) is 2.40. The molecule has 0 aliphatic heterocycles. The number of aromatic amines is 1. The number of H-pyrrole nitrogens is 1. The normalized spacial score (nSPS) is 11.7. The third-order valence-electron chi connectivity index (χ3n) is 5.69. The average Bonchev–Trinajstić information content (AvgIpc) is 2.73. The summed E-state index contributed by atoms with van der Waals surface area (Å²) < 4.78 is 2.10. The Balaban J connectivity index is 2.04. The predicted octanol–water partition coefficient (Wildman–Crippen LogP) is 4.24. The van der Waals surface area contributed by atoms with Crippen LogP contribution < -0.4 is 15.8 Å². The summed E-state index contributed by atoms with van der Waals surface area (Å²) in [6, 6.07) is 17.1. The van der Waals surface area contributed by atoms with Gasteiger partial charge in [0, 0.05) is 42.5 Å². The molecule has 0 atom stereocenters. The largest absolute Gasteiger partial charge is 0.377 e. The van der Waals surface area contributed by atoms with E-state index >= 15 is 0 Å². The van der Waals surface area contributed by atoms with Crippen LogP contribution in [0.2, 0.25) is 0 Å². The second kappa shape index (κ2) is 6.21. The van der Waals surface area contributed by atoms with E-state index in [1.807, 2.05) is 73.6 Å². The Bertz CT molecular complexity index is 1560. The van der Waals surface area contributed by atoms with Crippen molar-refractivity contribution in [2.24, 2.45) is 0 Å². The van der Waals surface area contributed by atoms with Gasteiger partial charge in [-0.25, -0.2) is 0 Å². The van der Waals surface area contributed by atoms with Gasteiger partial charge < -0.3 is 14.5 Å². The van der Waals surface area contributed by atoms with Gasteiger partial charge in [-0.15, -0.1) is 0 Å². The first kappa shape index (κ1) is 17.5. The van der Waals surface area contributed by atoms with Crippen molar-refractivity contribution in [3.63, 3.8) is 0 Å². The molecular weight excluding hydrogens is 362 g/mol. The summed E-state index contributed by atoms with van der Waals surface area (Å²) in [6.07, 6.45) is 0. The number of hydrogen-bond acceptors (Lipinski definition) is 3. The molecule has 2 aromatic heterocycles. The zero-order valence-corrected chi connectivity index (χ0v) is 16.6. The van der Waals surface area contributed by atoms with Crippen molar-refractivity contribution >= 4 is 49.3 Å². The highest BCUT2D eigenvalue weighted by atomic mass is 16.1. The lowest BCUT2D eigenvalue weighted by molar-refractivity contribution is 0.821. The Hall–Kier alpha value is -3.60. The minimum absolute atomic E-state index is 0.00909. The summed E-state index contributed by atoms with van der Waals surface area (Å²) in [6.45, 7) is 2.76. The van der Waals surface area contributed by atoms with Gasteiger partial charge >= 0.3 is 0 Å². The highest BCUT2D eigenvalue weighted by Gasteiger charge is 2.15. The smallest absolute Gasteiger partial charge is 0.199 e. The van der Waals surface area contributed by atoms with Crippen LogP contribution in [0, 0.1) is 0 Å². The molecule has 0 amide bonds. The fourth-order valence-corrected chi connectivity index (χ4v) is 4.34. The number of hydrogen-bond donors (Lipinski definition) is 1. The lowest BCUT2D eigenvalue weighted by atomic mass is 10.0. The second-order valence-corrected chi connectivity index (χ2v) is 7.55. The topological polar surface area (TPSA) is 58.1 Å². The zero-order valence-electron chi connectivity index (χ0n) is 16.6. The van der Waals surface area contributed by atoms with Crippen molar-refractivity contribution in [1.82, 2.24) is 9.55 Å². The molecule has 0 aliphatic carbocycles. The van der Waals surface area contributed by atoms with Gasteiger partial charge in [-0.3, -0.25) is 9.59 Å². The Morgan fingerprint density at radius 1 is 0.828 bits per heavy atom. The van der Waals surface area contributed by atoms with Crippen molar-refractivity contribution in [3.05, 3.63) is 75.0 Å². The number of aromatic nitrogens is 2. The lowest BCUT2D eigenvalue weighted by Gasteiger charge is -2.16. The van der Waals surface area contributed by atoms with E-state index in [1.165, 1.54) is 0 Å². The minimum atomic E-state index is -0.0248. The van der Waals surface area contributed by atoms with Gasteiger partial charge in [0.2, 0.25) is 0 Å². The Morgan fingerprint density at radius 2 is 1.62 bits per heavy atom. The number of para-hydroxylation sites is 1. The zero-order chi connectivity index (χ0) is 20.3. The van der Waals surface area contributed by atoms with Crippen molar-refractivity contribution < 1.29 is 0 Å². The fourth-order valence-electron chi connectivity index (χ4n) is 4.34. The average molecular weight is 383 g/mol. The van der Waals surface area contributed by atoms with Gasteiger partial charge in [0.05, 0.1) is 27.5 Å². The van der Waals surface area contributed by atoms with Crippen LogP contribution in [0.1, 0.15) is 6.92 Å². The molecule has 144 valence electrons. The molecule has 29 heavy (non-hydrogen) atoms. The Morgan fingerprint density at radius 3 is 2.38 bits per heavy atom. The molecule has 0 aliphatic rings. The molecule has 5 heteroatoms. The van der Waals surface area contributed by atoms with Crippen LogP contribution in [0.4, 0.5) is 5.69 Å². The summed E-state index contributed by atoms with van der Waals surface area (Å²) >= 11 is 0. The molecule has 5 nitrogen and oxygen atoms in total. The molecule has 0 saturated carbocycles. The molecule has 3 aromatic carbocycles. The van der Waals surface area contributed by atoms with Gasteiger partial charge in [0.1, 0.15) is 0 Å². The molecular formula is C24H21N3O2.